The topological polar surface area (TPSA) is 98.4 Å². The summed E-state index contributed by atoms with van der Waals surface area (Å²) in [6.45, 7) is 4.69. The molecule has 3 aromatic heterocycles. The average Bonchev–Trinajstić information content (AvgIpc) is 3.34. The lowest BCUT2D eigenvalue weighted by molar-refractivity contribution is 0.0788. The van der Waals surface area contributed by atoms with Crippen LogP contribution in [0.25, 0.3) is 11.7 Å². The van der Waals surface area contributed by atoms with E-state index >= 15 is 0 Å². The van der Waals surface area contributed by atoms with Crippen LogP contribution in [0, 0.1) is 13.8 Å². The molecule has 3 aromatic rings. The first kappa shape index (κ1) is 14.7. The molecule has 1 atom stereocenters. The molecular weight excluding hydrogens is 312 g/mol. The summed E-state index contributed by atoms with van der Waals surface area (Å²) < 4.78 is 15.6. The van der Waals surface area contributed by atoms with Crippen molar-refractivity contribution in [3.8, 4) is 11.7 Å². The highest BCUT2D eigenvalue weighted by Gasteiger charge is 2.33. The van der Waals surface area contributed by atoms with Gasteiger partial charge < -0.3 is 18.4 Å². The Kier molecular flexibility index (Phi) is 3.44. The van der Waals surface area contributed by atoms with E-state index in [9.17, 15) is 4.79 Å². The van der Waals surface area contributed by atoms with Crippen molar-refractivity contribution >= 4 is 5.91 Å². The minimum atomic E-state index is -0.0662. The largest absolute Gasteiger partial charge is 0.459 e. The van der Waals surface area contributed by atoms with E-state index in [0.717, 1.165) is 6.42 Å². The number of rotatable bonds is 3. The van der Waals surface area contributed by atoms with Crippen LogP contribution >= 0.6 is 0 Å². The summed E-state index contributed by atoms with van der Waals surface area (Å²) in [6.07, 6.45) is 2.34. The first-order chi connectivity index (χ1) is 11.6. The molecule has 0 N–H and O–H groups in total. The molecule has 0 unspecified atom stereocenters. The summed E-state index contributed by atoms with van der Waals surface area (Å²) in [5, 5.41) is 7.88. The Hall–Kier alpha value is -2.90. The minimum absolute atomic E-state index is 0.0434. The van der Waals surface area contributed by atoms with Gasteiger partial charge >= 0.3 is 0 Å². The van der Waals surface area contributed by atoms with Gasteiger partial charge in [-0.1, -0.05) is 10.3 Å². The number of amides is 1. The highest BCUT2D eigenvalue weighted by Crippen LogP contribution is 2.29. The summed E-state index contributed by atoms with van der Waals surface area (Å²) in [5.74, 6) is 2.00. The maximum absolute atomic E-state index is 12.7. The van der Waals surface area contributed by atoms with Gasteiger partial charge in [-0.05, 0) is 32.4 Å². The Balaban J connectivity index is 1.50. The van der Waals surface area contributed by atoms with Gasteiger partial charge in [0.2, 0.25) is 0 Å². The van der Waals surface area contributed by atoms with Crippen molar-refractivity contribution in [3.63, 3.8) is 0 Å². The van der Waals surface area contributed by atoms with Crippen LogP contribution in [0.15, 0.2) is 31.9 Å². The van der Waals surface area contributed by atoms with Crippen LogP contribution in [-0.2, 0) is 0 Å². The number of furan rings is 1. The van der Waals surface area contributed by atoms with E-state index in [2.05, 4.69) is 15.3 Å². The van der Waals surface area contributed by atoms with E-state index in [1.807, 2.05) is 0 Å². The predicted octanol–water partition coefficient (Wildman–Crippen LogP) is 2.56. The predicted molar refractivity (Wildman–Crippen MR) is 81.2 cm³/mol. The summed E-state index contributed by atoms with van der Waals surface area (Å²) in [6, 6.07) is 3.53. The van der Waals surface area contributed by atoms with Crippen LogP contribution in [-0.4, -0.2) is 39.2 Å². The van der Waals surface area contributed by atoms with Crippen molar-refractivity contribution in [2.45, 2.75) is 26.2 Å². The standard InChI is InChI=1S/C16H16N4O4/c1-9-13(10(2)23-18-9)16(21)20-6-5-11(8-20)14-17-15(24-19-14)12-4-3-7-22-12/h3-4,7,11H,5-6,8H2,1-2H3/t11-/m1/s1. The van der Waals surface area contributed by atoms with Crippen LogP contribution in [0.4, 0.5) is 0 Å². The minimum Gasteiger partial charge on any atom is -0.459 e. The quantitative estimate of drug-likeness (QED) is 0.728. The van der Waals surface area contributed by atoms with Crippen LogP contribution < -0.4 is 0 Å². The lowest BCUT2D eigenvalue weighted by Gasteiger charge is -2.15. The third-order valence-corrected chi connectivity index (χ3v) is 4.26. The molecule has 1 amide bonds. The summed E-state index contributed by atoms with van der Waals surface area (Å²) in [7, 11) is 0. The Morgan fingerprint density at radius 3 is 2.88 bits per heavy atom. The second kappa shape index (κ2) is 5.63. The summed E-state index contributed by atoms with van der Waals surface area (Å²) in [4.78, 5) is 18.8. The number of carbonyl (C=O) groups is 1. The maximum Gasteiger partial charge on any atom is 0.293 e. The van der Waals surface area contributed by atoms with Crippen molar-refractivity contribution in [1.29, 1.82) is 0 Å². The van der Waals surface area contributed by atoms with E-state index in [1.54, 1.807) is 37.1 Å². The van der Waals surface area contributed by atoms with Gasteiger partial charge in [-0.3, -0.25) is 4.79 Å². The third kappa shape index (κ3) is 2.40. The van der Waals surface area contributed by atoms with Gasteiger partial charge in [0.05, 0.1) is 12.0 Å². The molecule has 0 saturated carbocycles. The van der Waals surface area contributed by atoms with Crippen molar-refractivity contribution in [2.24, 2.45) is 0 Å². The highest BCUT2D eigenvalue weighted by molar-refractivity contribution is 5.96. The molecular formula is C16H16N4O4. The molecule has 0 aliphatic carbocycles. The second-order valence-electron chi connectivity index (χ2n) is 5.87. The van der Waals surface area contributed by atoms with Crippen LogP contribution in [0.5, 0.6) is 0 Å². The van der Waals surface area contributed by atoms with Gasteiger partial charge in [0, 0.05) is 19.0 Å². The zero-order valence-corrected chi connectivity index (χ0v) is 13.4. The fourth-order valence-electron chi connectivity index (χ4n) is 3.00. The third-order valence-electron chi connectivity index (χ3n) is 4.26. The van der Waals surface area contributed by atoms with E-state index in [4.69, 9.17) is 13.5 Å². The van der Waals surface area contributed by atoms with Gasteiger partial charge in [0.15, 0.2) is 11.6 Å². The molecule has 8 heteroatoms. The number of aryl methyl sites for hydroxylation is 2. The zero-order chi connectivity index (χ0) is 16.7. The fourth-order valence-corrected chi connectivity index (χ4v) is 3.00. The number of likely N-dealkylation sites (tertiary alicyclic amines) is 1. The molecule has 0 bridgehead atoms. The number of hydrogen-bond donors (Lipinski definition) is 0. The molecule has 0 radical (unpaired) electrons. The van der Waals surface area contributed by atoms with Crippen molar-refractivity contribution in [3.05, 3.63) is 41.2 Å². The molecule has 0 spiro atoms. The molecule has 8 nitrogen and oxygen atoms in total. The second-order valence-corrected chi connectivity index (χ2v) is 5.87. The molecule has 1 saturated heterocycles. The Bertz CT molecular complexity index is 845. The maximum atomic E-state index is 12.7. The monoisotopic (exact) mass is 328 g/mol. The number of carbonyl (C=O) groups excluding carboxylic acids is 1. The molecule has 4 heterocycles. The van der Waals surface area contributed by atoms with E-state index in [-0.39, 0.29) is 11.8 Å². The van der Waals surface area contributed by atoms with Gasteiger partial charge in [0.1, 0.15) is 11.3 Å². The van der Waals surface area contributed by atoms with Gasteiger partial charge in [-0.25, -0.2) is 0 Å². The average molecular weight is 328 g/mol. The van der Waals surface area contributed by atoms with Crippen LogP contribution in [0.2, 0.25) is 0 Å². The number of aromatic nitrogens is 3. The summed E-state index contributed by atoms with van der Waals surface area (Å²) >= 11 is 0. The smallest absolute Gasteiger partial charge is 0.293 e. The Morgan fingerprint density at radius 1 is 1.29 bits per heavy atom. The van der Waals surface area contributed by atoms with Crippen molar-refractivity contribution < 1.29 is 18.3 Å². The molecule has 1 aliphatic rings. The zero-order valence-electron chi connectivity index (χ0n) is 13.4. The van der Waals surface area contributed by atoms with Crippen LogP contribution in [0.1, 0.15) is 40.0 Å². The number of hydrogen-bond acceptors (Lipinski definition) is 7. The Morgan fingerprint density at radius 2 is 2.17 bits per heavy atom. The molecule has 0 aromatic carbocycles. The normalized spacial score (nSPS) is 17.6. The molecule has 124 valence electrons. The van der Waals surface area contributed by atoms with Crippen molar-refractivity contribution in [1.82, 2.24) is 20.2 Å². The van der Waals surface area contributed by atoms with Crippen LogP contribution in [0.3, 0.4) is 0 Å². The molecule has 1 aliphatic heterocycles. The molecule has 4 rings (SSSR count). The van der Waals surface area contributed by atoms with Gasteiger partial charge in [0.25, 0.3) is 11.8 Å². The lowest BCUT2D eigenvalue weighted by atomic mass is 10.1. The summed E-state index contributed by atoms with van der Waals surface area (Å²) in [5.41, 5.74) is 1.15. The molecule has 24 heavy (non-hydrogen) atoms. The Labute approximate surface area is 137 Å². The van der Waals surface area contributed by atoms with Gasteiger partial charge in [-0.2, -0.15) is 4.98 Å². The number of nitrogens with zero attached hydrogens (tertiary/aromatic N) is 4. The van der Waals surface area contributed by atoms with Gasteiger partial charge in [-0.15, -0.1) is 0 Å². The van der Waals surface area contributed by atoms with E-state index in [1.165, 1.54) is 0 Å². The molecule has 1 fully saturated rings. The SMILES string of the molecule is Cc1noc(C)c1C(=O)N1CC[C@@H](c2noc(-c3ccco3)n2)C1. The van der Waals surface area contributed by atoms with E-state index < -0.39 is 0 Å². The highest BCUT2D eigenvalue weighted by atomic mass is 16.5. The first-order valence-electron chi connectivity index (χ1n) is 7.73. The lowest BCUT2D eigenvalue weighted by Crippen LogP contribution is -2.29. The van der Waals surface area contributed by atoms with E-state index in [0.29, 0.717) is 47.6 Å². The van der Waals surface area contributed by atoms with Crippen molar-refractivity contribution in [2.75, 3.05) is 13.1 Å². The fraction of sp³-hybridized carbons (Fsp3) is 0.375. The first-order valence-corrected chi connectivity index (χ1v) is 7.73.